The molecule has 0 aromatic carbocycles. The van der Waals surface area contributed by atoms with Crippen LogP contribution in [0.25, 0.3) is 0 Å². The molecule has 0 radical (unpaired) electrons. The molecule has 10 nitrogen and oxygen atoms in total. The summed E-state index contributed by atoms with van der Waals surface area (Å²) < 4.78 is 4.67. The van der Waals surface area contributed by atoms with Crippen molar-refractivity contribution in [2.75, 3.05) is 39.8 Å². The fourth-order valence-corrected chi connectivity index (χ4v) is 3.98. The van der Waals surface area contributed by atoms with E-state index in [1.165, 1.54) is 20.2 Å². The van der Waals surface area contributed by atoms with Crippen molar-refractivity contribution >= 4 is 23.7 Å². The molecular weight excluding hydrogens is 402 g/mol. The number of amides is 3. The third-order valence-corrected chi connectivity index (χ3v) is 5.76. The zero-order valence-electron chi connectivity index (χ0n) is 17.9. The minimum absolute atomic E-state index is 0.0458. The van der Waals surface area contributed by atoms with Gasteiger partial charge in [0.15, 0.2) is 0 Å². The van der Waals surface area contributed by atoms with Gasteiger partial charge in [-0.2, -0.15) is 0 Å². The van der Waals surface area contributed by atoms with E-state index in [2.05, 4.69) is 20.4 Å². The van der Waals surface area contributed by atoms with Gasteiger partial charge in [0.05, 0.1) is 19.2 Å². The number of pyridine rings is 1. The Kier molecular flexibility index (Phi) is 7.56. The lowest BCUT2D eigenvalue weighted by Gasteiger charge is -2.42. The number of nitrogens with zero attached hydrogens (tertiary/aromatic N) is 3. The van der Waals surface area contributed by atoms with Crippen LogP contribution in [0, 0.1) is 5.92 Å². The van der Waals surface area contributed by atoms with Gasteiger partial charge in [-0.15, -0.1) is 0 Å². The molecule has 0 aliphatic carbocycles. The van der Waals surface area contributed by atoms with Crippen LogP contribution >= 0.6 is 0 Å². The number of carbonyl (C=O) groups is 4. The minimum atomic E-state index is -0.885. The van der Waals surface area contributed by atoms with Crippen molar-refractivity contribution in [1.29, 1.82) is 0 Å². The molecule has 2 N–H and O–H groups in total. The molecule has 3 amide bonds. The van der Waals surface area contributed by atoms with Gasteiger partial charge in [0, 0.05) is 31.4 Å². The predicted octanol–water partition coefficient (Wildman–Crippen LogP) is -0.588. The Hall–Kier alpha value is -3.01. The summed E-state index contributed by atoms with van der Waals surface area (Å²) in [5.74, 6) is -1.55. The largest absolute Gasteiger partial charge is 0.467 e. The van der Waals surface area contributed by atoms with Crippen LogP contribution in [0.1, 0.15) is 30.1 Å². The number of aromatic nitrogens is 1. The smallest absolute Gasteiger partial charge is 0.328 e. The molecular formula is C21H29N5O5. The Morgan fingerprint density at radius 2 is 1.97 bits per heavy atom. The van der Waals surface area contributed by atoms with E-state index in [1.807, 2.05) is 0 Å². The first kappa shape index (κ1) is 22.7. The van der Waals surface area contributed by atoms with Gasteiger partial charge >= 0.3 is 5.97 Å². The first-order valence-corrected chi connectivity index (χ1v) is 10.5. The van der Waals surface area contributed by atoms with Gasteiger partial charge in [0.1, 0.15) is 12.1 Å². The average Bonchev–Trinajstić information content (AvgIpc) is 2.83. The molecule has 3 rings (SSSR count). The van der Waals surface area contributed by atoms with Crippen LogP contribution in [-0.2, 0) is 19.1 Å². The molecule has 0 unspecified atom stereocenters. The second kappa shape index (κ2) is 10.3. The lowest BCUT2D eigenvalue weighted by Crippen LogP contribution is -2.63. The minimum Gasteiger partial charge on any atom is -0.467 e. The summed E-state index contributed by atoms with van der Waals surface area (Å²) in [5, 5.41) is 5.85. The van der Waals surface area contributed by atoms with E-state index < -0.39 is 24.0 Å². The highest BCUT2D eigenvalue weighted by atomic mass is 16.5. The fourth-order valence-electron chi connectivity index (χ4n) is 3.98. The highest BCUT2D eigenvalue weighted by Gasteiger charge is 2.40. The number of hydrogen-bond donors (Lipinski definition) is 2. The summed E-state index contributed by atoms with van der Waals surface area (Å²) in [7, 11) is 1.24. The van der Waals surface area contributed by atoms with Crippen molar-refractivity contribution in [2.24, 2.45) is 5.92 Å². The average molecular weight is 431 g/mol. The molecule has 2 saturated heterocycles. The fraction of sp³-hybridized carbons (Fsp3) is 0.571. The quantitative estimate of drug-likeness (QED) is 0.598. The number of nitrogens with one attached hydrogen (secondary N) is 2. The summed E-state index contributed by atoms with van der Waals surface area (Å²) in [4.78, 5) is 58.0. The molecule has 0 bridgehead atoms. The predicted molar refractivity (Wildman–Crippen MR) is 111 cm³/mol. The maximum absolute atomic E-state index is 13.2. The summed E-state index contributed by atoms with van der Waals surface area (Å²) in [6, 6.07) is 1.59. The van der Waals surface area contributed by atoms with Crippen molar-refractivity contribution in [1.82, 2.24) is 25.4 Å². The van der Waals surface area contributed by atoms with Crippen LogP contribution in [0.3, 0.4) is 0 Å². The third kappa shape index (κ3) is 5.38. The van der Waals surface area contributed by atoms with Gasteiger partial charge in [0.25, 0.3) is 5.91 Å². The van der Waals surface area contributed by atoms with Crippen LogP contribution in [0.5, 0.6) is 0 Å². The molecule has 1 aromatic rings. The Balaban J connectivity index is 1.78. The van der Waals surface area contributed by atoms with E-state index in [9.17, 15) is 19.2 Å². The number of rotatable bonds is 5. The van der Waals surface area contributed by atoms with Gasteiger partial charge in [0.2, 0.25) is 11.8 Å². The number of hydrogen-bond acceptors (Lipinski definition) is 7. The number of ether oxygens (including phenoxy) is 1. The molecule has 10 heteroatoms. The van der Waals surface area contributed by atoms with E-state index in [4.69, 9.17) is 0 Å². The van der Waals surface area contributed by atoms with Crippen LogP contribution in [0.4, 0.5) is 0 Å². The number of esters is 1. The maximum atomic E-state index is 13.2. The SMILES string of the molecule is COC(=O)[C@@H](C)NC(=O)[C@H]1CN(C(=O)c2cccnc2)CCN1C(=O)C1CCNCC1. The van der Waals surface area contributed by atoms with Crippen molar-refractivity contribution in [3.05, 3.63) is 30.1 Å². The summed E-state index contributed by atoms with van der Waals surface area (Å²) in [6.07, 6.45) is 4.47. The summed E-state index contributed by atoms with van der Waals surface area (Å²) in [5.41, 5.74) is 0.419. The van der Waals surface area contributed by atoms with Crippen LogP contribution in [0.2, 0.25) is 0 Å². The van der Waals surface area contributed by atoms with Gasteiger partial charge in [-0.05, 0) is 45.0 Å². The lowest BCUT2D eigenvalue weighted by atomic mass is 9.95. The van der Waals surface area contributed by atoms with E-state index in [0.29, 0.717) is 24.9 Å². The zero-order valence-corrected chi connectivity index (χ0v) is 17.9. The summed E-state index contributed by atoms with van der Waals surface area (Å²) in [6.45, 7) is 3.65. The monoisotopic (exact) mass is 431 g/mol. The molecule has 2 fully saturated rings. The van der Waals surface area contributed by atoms with Crippen molar-refractivity contribution in [2.45, 2.75) is 31.8 Å². The van der Waals surface area contributed by atoms with E-state index in [0.717, 1.165) is 13.1 Å². The number of piperazine rings is 1. The van der Waals surface area contributed by atoms with E-state index >= 15 is 0 Å². The van der Waals surface area contributed by atoms with E-state index in [1.54, 1.807) is 28.1 Å². The molecule has 3 heterocycles. The van der Waals surface area contributed by atoms with E-state index in [-0.39, 0.29) is 30.8 Å². The molecule has 168 valence electrons. The first-order valence-electron chi connectivity index (χ1n) is 10.5. The van der Waals surface area contributed by atoms with Crippen LogP contribution < -0.4 is 10.6 Å². The second-order valence-electron chi connectivity index (χ2n) is 7.82. The molecule has 1 aromatic heterocycles. The molecule has 0 saturated carbocycles. The van der Waals surface area contributed by atoms with Crippen LogP contribution in [-0.4, -0.2) is 90.4 Å². The van der Waals surface area contributed by atoms with Gasteiger partial charge in [-0.3, -0.25) is 19.4 Å². The first-order chi connectivity index (χ1) is 14.9. The molecule has 0 spiro atoms. The van der Waals surface area contributed by atoms with Gasteiger partial charge in [-0.1, -0.05) is 0 Å². The number of carbonyl (C=O) groups excluding carboxylic acids is 4. The lowest BCUT2D eigenvalue weighted by molar-refractivity contribution is -0.149. The maximum Gasteiger partial charge on any atom is 0.328 e. The Bertz CT molecular complexity index is 812. The van der Waals surface area contributed by atoms with Crippen LogP contribution in [0.15, 0.2) is 24.5 Å². The second-order valence-corrected chi connectivity index (χ2v) is 7.82. The standard InChI is InChI=1S/C21H29N5O5/c1-14(21(30)31-2)24-18(27)17-13-25(19(28)16-4-3-7-23-12-16)10-11-26(17)20(29)15-5-8-22-9-6-15/h3-4,7,12,14-15,17,22H,5-6,8-11,13H2,1-2H3,(H,24,27)/t14-,17-/m1/s1. The molecule has 2 atom stereocenters. The van der Waals surface area contributed by atoms with Crippen molar-refractivity contribution < 1.29 is 23.9 Å². The molecule has 31 heavy (non-hydrogen) atoms. The van der Waals surface area contributed by atoms with Gasteiger partial charge < -0.3 is 25.2 Å². The normalized spacial score (nSPS) is 20.6. The highest BCUT2D eigenvalue weighted by Crippen LogP contribution is 2.21. The number of methoxy groups -OCH3 is 1. The Morgan fingerprint density at radius 1 is 1.23 bits per heavy atom. The Morgan fingerprint density at radius 3 is 2.61 bits per heavy atom. The molecule has 2 aliphatic heterocycles. The highest BCUT2D eigenvalue weighted by molar-refractivity contribution is 5.96. The number of piperidine rings is 1. The molecule has 2 aliphatic rings. The summed E-state index contributed by atoms with van der Waals surface area (Å²) >= 11 is 0. The van der Waals surface area contributed by atoms with Crippen molar-refractivity contribution in [3.8, 4) is 0 Å². The third-order valence-electron chi connectivity index (χ3n) is 5.76. The Labute approximate surface area is 181 Å². The zero-order chi connectivity index (χ0) is 22.4. The van der Waals surface area contributed by atoms with Gasteiger partial charge in [-0.25, -0.2) is 4.79 Å². The topological polar surface area (TPSA) is 121 Å². The van der Waals surface area contributed by atoms with Crippen molar-refractivity contribution in [3.63, 3.8) is 0 Å².